The molecule has 0 bridgehead atoms. The highest BCUT2D eigenvalue weighted by molar-refractivity contribution is 5.94. The van der Waals surface area contributed by atoms with E-state index in [2.05, 4.69) is 25.9 Å². The fourth-order valence-corrected chi connectivity index (χ4v) is 2.76. The summed E-state index contributed by atoms with van der Waals surface area (Å²) in [6.07, 6.45) is 2.49. The van der Waals surface area contributed by atoms with E-state index in [4.69, 9.17) is 15.9 Å². The highest BCUT2D eigenvalue weighted by Gasteiger charge is 2.30. The molecule has 0 fully saturated rings. The van der Waals surface area contributed by atoms with E-state index in [9.17, 15) is 24.0 Å². The topological polar surface area (TPSA) is 217 Å². The minimum absolute atomic E-state index is 0.0541. The van der Waals surface area contributed by atoms with Gasteiger partial charge in [-0.3, -0.25) is 19.2 Å². The molecule has 0 radical (unpaired) electrons. The summed E-state index contributed by atoms with van der Waals surface area (Å²) in [4.78, 5) is 66.0. The van der Waals surface area contributed by atoms with Crippen LogP contribution in [0.5, 0.6) is 0 Å². The van der Waals surface area contributed by atoms with Gasteiger partial charge in [-0.25, -0.2) is 9.78 Å². The first kappa shape index (κ1) is 26.6. The zero-order chi connectivity index (χ0) is 24.4. The van der Waals surface area contributed by atoms with Gasteiger partial charge in [-0.2, -0.15) is 0 Å². The van der Waals surface area contributed by atoms with Crippen molar-refractivity contribution in [3.63, 3.8) is 0 Å². The van der Waals surface area contributed by atoms with Gasteiger partial charge in [0.05, 0.1) is 18.8 Å². The molecule has 3 amide bonds. The number of imidazole rings is 1. The van der Waals surface area contributed by atoms with Gasteiger partial charge in [0.1, 0.15) is 18.1 Å². The third kappa shape index (κ3) is 9.12. The lowest BCUT2D eigenvalue weighted by Crippen LogP contribution is -2.56. The van der Waals surface area contributed by atoms with Crippen molar-refractivity contribution < 1.29 is 34.2 Å². The Morgan fingerprint density at radius 2 is 1.62 bits per heavy atom. The molecule has 1 aromatic heterocycles. The van der Waals surface area contributed by atoms with Crippen molar-refractivity contribution in [2.24, 2.45) is 11.7 Å². The minimum atomic E-state index is -1.65. The minimum Gasteiger partial charge on any atom is -0.481 e. The SMILES string of the molecule is CC(C)CC(NC(=O)C(C)NC(=O)C(N)Cc1cnc[nH]1)C(=O)NC(CC(=O)O)C(=O)O. The van der Waals surface area contributed by atoms with Gasteiger partial charge >= 0.3 is 11.9 Å². The third-order valence-corrected chi connectivity index (χ3v) is 4.42. The Kier molecular flexibility index (Phi) is 10.3. The van der Waals surface area contributed by atoms with E-state index in [1.807, 2.05) is 0 Å². The molecule has 0 aromatic carbocycles. The van der Waals surface area contributed by atoms with E-state index >= 15 is 0 Å². The van der Waals surface area contributed by atoms with Gasteiger partial charge in [0, 0.05) is 18.3 Å². The van der Waals surface area contributed by atoms with Gasteiger partial charge in [0.15, 0.2) is 0 Å². The van der Waals surface area contributed by atoms with Crippen LogP contribution in [0, 0.1) is 5.92 Å². The molecule has 8 N–H and O–H groups in total. The van der Waals surface area contributed by atoms with Crippen molar-refractivity contribution in [1.29, 1.82) is 0 Å². The normalized spacial score (nSPS) is 14.7. The van der Waals surface area contributed by atoms with Crippen molar-refractivity contribution in [3.05, 3.63) is 18.2 Å². The molecule has 0 aliphatic heterocycles. The molecular weight excluding hydrogens is 424 g/mol. The summed E-state index contributed by atoms with van der Waals surface area (Å²) in [6.45, 7) is 4.99. The first-order valence-corrected chi connectivity index (χ1v) is 9.99. The average molecular weight is 454 g/mol. The maximum absolute atomic E-state index is 12.5. The Labute approximate surface area is 184 Å². The van der Waals surface area contributed by atoms with Crippen LogP contribution < -0.4 is 21.7 Å². The molecule has 0 aliphatic rings. The van der Waals surface area contributed by atoms with Gasteiger partial charge in [-0.1, -0.05) is 13.8 Å². The summed E-state index contributed by atoms with van der Waals surface area (Å²) in [7, 11) is 0. The Bertz CT molecular complexity index is 811. The predicted molar refractivity (Wildman–Crippen MR) is 111 cm³/mol. The predicted octanol–water partition coefficient (Wildman–Crippen LogP) is -1.64. The maximum atomic E-state index is 12.5. The lowest BCUT2D eigenvalue weighted by atomic mass is 10.0. The molecule has 0 aliphatic carbocycles. The molecule has 4 unspecified atom stereocenters. The molecule has 178 valence electrons. The summed E-state index contributed by atoms with van der Waals surface area (Å²) < 4.78 is 0. The van der Waals surface area contributed by atoms with Crippen molar-refractivity contribution in [3.8, 4) is 0 Å². The number of H-pyrrole nitrogens is 1. The van der Waals surface area contributed by atoms with Crippen LogP contribution in [0.15, 0.2) is 12.5 Å². The summed E-state index contributed by atoms with van der Waals surface area (Å²) in [5, 5.41) is 25.0. The number of carboxylic acids is 2. The second kappa shape index (κ2) is 12.4. The van der Waals surface area contributed by atoms with Gasteiger partial charge in [0.2, 0.25) is 17.7 Å². The van der Waals surface area contributed by atoms with Crippen LogP contribution in [-0.4, -0.2) is 74.0 Å². The van der Waals surface area contributed by atoms with Crippen LogP contribution >= 0.6 is 0 Å². The summed E-state index contributed by atoms with van der Waals surface area (Å²) in [6, 6.07) is -4.75. The largest absolute Gasteiger partial charge is 0.481 e. The van der Waals surface area contributed by atoms with Crippen molar-refractivity contribution in [2.45, 2.75) is 64.2 Å². The number of rotatable bonds is 13. The lowest BCUT2D eigenvalue weighted by molar-refractivity contribution is -0.147. The number of aliphatic carboxylic acids is 2. The molecule has 4 atom stereocenters. The van der Waals surface area contributed by atoms with E-state index in [0.29, 0.717) is 5.69 Å². The van der Waals surface area contributed by atoms with Crippen molar-refractivity contribution in [1.82, 2.24) is 25.9 Å². The second-order valence-corrected chi connectivity index (χ2v) is 7.81. The number of hydrogen-bond donors (Lipinski definition) is 7. The molecule has 13 nitrogen and oxygen atoms in total. The first-order valence-electron chi connectivity index (χ1n) is 9.99. The van der Waals surface area contributed by atoms with Crippen LogP contribution in [0.1, 0.15) is 39.3 Å². The zero-order valence-electron chi connectivity index (χ0n) is 18.1. The number of nitrogens with one attached hydrogen (secondary N) is 4. The Morgan fingerprint density at radius 1 is 1.00 bits per heavy atom. The number of nitrogens with two attached hydrogens (primary N) is 1. The summed E-state index contributed by atoms with van der Waals surface area (Å²) in [5.74, 6) is -5.07. The third-order valence-electron chi connectivity index (χ3n) is 4.42. The molecule has 0 spiro atoms. The second-order valence-electron chi connectivity index (χ2n) is 7.81. The van der Waals surface area contributed by atoms with Crippen molar-refractivity contribution in [2.75, 3.05) is 0 Å². The fraction of sp³-hybridized carbons (Fsp3) is 0.579. The highest BCUT2D eigenvalue weighted by atomic mass is 16.4. The number of aromatic amines is 1. The van der Waals surface area contributed by atoms with Gasteiger partial charge < -0.3 is 36.9 Å². The van der Waals surface area contributed by atoms with Crippen LogP contribution in [0.25, 0.3) is 0 Å². The Hall–Kier alpha value is -3.48. The van der Waals surface area contributed by atoms with E-state index in [1.165, 1.54) is 19.4 Å². The van der Waals surface area contributed by atoms with Gasteiger partial charge in [-0.15, -0.1) is 0 Å². The maximum Gasteiger partial charge on any atom is 0.326 e. The molecule has 0 saturated carbocycles. The van der Waals surface area contributed by atoms with Gasteiger partial charge in [-0.05, 0) is 19.3 Å². The molecule has 1 heterocycles. The molecule has 1 rings (SSSR count). The van der Waals surface area contributed by atoms with Crippen LogP contribution in [-0.2, 0) is 30.4 Å². The first-order chi connectivity index (χ1) is 14.9. The van der Waals surface area contributed by atoms with Crippen LogP contribution in [0.3, 0.4) is 0 Å². The quantitative estimate of drug-likeness (QED) is 0.181. The molecule has 13 heteroatoms. The smallest absolute Gasteiger partial charge is 0.326 e. The number of amides is 3. The Morgan fingerprint density at radius 3 is 2.12 bits per heavy atom. The van der Waals surface area contributed by atoms with Crippen LogP contribution in [0.2, 0.25) is 0 Å². The fourth-order valence-electron chi connectivity index (χ4n) is 2.76. The molecule has 0 saturated heterocycles. The number of nitrogens with zero attached hydrogens (tertiary/aromatic N) is 1. The monoisotopic (exact) mass is 454 g/mol. The lowest BCUT2D eigenvalue weighted by Gasteiger charge is -2.24. The number of aromatic nitrogens is 2. The van der Waals surface area contributed by atoms with E-state index < -0.39 is 60.2 Å². The van der Waals surface area contributed by atoms with E-state index in [0.717, 1.165) is 0 Å². The molecule has 1 aromatic rings. The standard InChI is InChI=1S/C19H30N6O7/c1-9(2)4-13(18(30)25-14(19(31)32)6-15(26)27)24-16(28)10(3)23-17(29)12(20)5-11-7-21-8-22-11/h7-10,12-14H,4-6,20H2,1-3H3,(H,21,22)(H,23,29)(H,24,28)(H,25,30)(H,26,27)(H,31,32). The van der Waals surface area contributed by atoms with Crippen LogP contribution in [0.4, 0.5) is 0 Å². The van der Waals surface area contributed by atoms with E-state index in [-0.39, 0.29) is 18.8 Å². The van der Waals surface area contributed by atoms with Crippen molar-refractivity contribution >= 4 is 29.7 Å². The number of hydrogen-bond acceptors (Lipinski definition) is 7. The Balaban J connectivity index is 2.74. The summed E-state index contributed by atoms with van der Waals surface area (Å²) in [5.41, 5.74) is 6.48. The number of carbonyl (C=O) groups excluding carboxylic acids is 3. The summed E-state index contributed by atoms with van der Waals surface area (Å²) >= 11 is 0. The van der Waals surface area contributed by atoms with Gasteiger partial charge in [0.25, 0.3) is 0 Å². The number of carbonyl (C=O) groups is 5. The zero-order valence-corrected chi connectivity index (χ0v) is 18.1. The highest BCUT2D eigenvalue weighted by Crippen LogP contribution is 2.07. The number of carboxylic acid groups (broad SMARTS) is 2. The molecule has 32 heavy (non-hydrogen) atoms. The van der Waals surface area contributed by atoms with E-state index in [1.54, 1.807) is 13.8 Å². The average Bonchev–Trinajstić information content (AvgIpc) is 3.18. The molecular formula is C19H30N6O7.